The van der Waals surface area contributed by atoms with Crippen molar-refractivity contribution in [3.8, 4) is 0 Å². The zero-order valence-electron chi connectivity index (χ0n) is 17.2. The van der Waals surface area contributed by atoms with Gasteiger partial charge in [0.1, 0.15) is 16.7 Å². The SMILES string of the molecule is N=C(CC(=Nc1ccccc1Cl)c1ccc(C(=O)Nc2cccc3nsnc23)cc1)C(F)(F)F. The molecule has 0 saturated carbocycles. The quantitative estimate of drug-likeness (QED) is 0.288. The second kappa shape index (κ2) is 9.70. The van der Waals surface area contributed by atoms with E-state index in [2.05, 4.69) is 19.1 Å². The lowest BCUT2D eigenvalue weighted by molar-refractivity contribution is -0.0605. The van der Waals surface area contributed by atoms with E-state index in [-0.39, 0.29) is 22.0 Å². The third kappa shape index (κ3) is 5.29. The maximum atomic E-state index is 13.0. The summed E-state index contributed by atoms with van der Waals surface area (Å²) in [6, 6.07) is 17.6. The number of benzene rings is 3. The van der Waals surface area contributed by atoms with Crippen LogP contribution in [0.25, 0.3) is 11.0 Å². The molecule has 0 spiro atoms. The summed E-state index contributed by atoms with van der Waals surface area (Å²) in [5.41, 5.74) is 1.18. The number of aliphatic imine (C=N–C) groups is 1. The van der Waals surface area contributed by atoms with Crippen LogP contribution in [0.4, 0.5) is 24.5 Å². The Balaban J connectivity index is 1.61. The third-order valence-electron chi connectivity index (χ3n) is 4.81. The van der Waals surface area contributed by atoms with Gasteiger partial charge in [0.05, 0.1) is 33.8 Å². The predicted octanol–water partition coefficient (Wildman–Crippen LogP) is 6.69. The highest BCUT2D eigenvalue weighted by molar-refractivity contribution is 7.00. The predicted molar refractivity (Wildman–Crippen MR) is 128 cm³/mol. The topological polar surface area (TPSA) is 91.1 Å². The van der Waals surface area contributed by atoms with Gasteiger partial charge in [-0.3, -0.25) is 9.79 Å². The van der Waals surface area contributed by atoms with Crippen LogP contribution >= 0.6 is 23.3 Å². The normalized spacial score (nSPS) is 12.1. The van der Waals surface area contributed by atoms with Crippen LogP contribution in [-0.2, 0) is 0 Å². The molecule has 172 valence electrons. The summed E-state index contributed by atoms with van der Waals surface area (Å²) in [5.74, 6) is -0.417. The van der Waals surface area contributed by atoms with Gasteiger partial charge >= 0.3 is 6.18 Å². The first-order valence-corrected chi connectivity index (χ1v) is 10.9. The van der Waals surface area contributed by atoms with Crippen molar-refractivity contribution in [2.75, 3.05) is 5.32 Å². The number of halogens is 4. The fraction of sp³-hybridized carbons (Fsp3) is 0.0870. The monoisotopic (exact) mass is 501 g/mol. The van der Waals surface area contributed by atoms with Crippen molar-refractivity contribution in [1.29, 1.82) is 5.41 Å². The Hall–Kier alpha value is -3.63. The Morgan fingerprint density at radius 3 is 2.41 bits per heavy atom. The van der Waals surface area contributed by atoms with Gasteiger partial charge in [-0.2, -0.15) is 21.9 Å². The summed E-state index contributed by atoms with van der Waals surface area (Å²) in [4.78, 5) is 17.0. The Labute approximate surface area is 201 Å². The van der Waals surface area contributed by atoms with Gasteiger partial charge in [-0.1, -0.05) is 41.9 Å². The van der Waals surface area contributed by atoms with E-state index in [1.165, 1.54) is 24.3 Å². The molecule has 11 heteroatoms. The highest BCUT2D eigenvalue weighted by atomic mass is 35.5. The number of rotatable bonds is 6. The molecule has 0 atom stereocenters. The molecule has 1 heterocycles. The van der Waals surface area contributed by atoms with Crippen LogP contribution in [0.5, 0.6) is 0 Å². The van der Waals surface area contributed by atoms with Crippen molar-refractivity contribution in [3.63, 3.8) is 0 Å². The molecule has 0 fully saturated rings. The van der Waals surface area contributed by atoms with E-state index in [1.54, 1.807) is 42.5 Å². The van der Waals surface area contributed by atoms with E-state index >= 15 is 0 Å². The molecule has 3 aromatic carbocycles. The number of para-hydroxylation sites is 1. The fourth-order valence-corrected chi connectivity index (χ4v) is 3.80. The molecule has 4 rings (SSSR count). The molecule has 2 N–H and O–H groups in total. The number of carbonyl (C=O) groups excluding carboxylic acids is 1. The average molecular weight is 502 g/mol. The minimum absolute atomic E-state index is 0.000647. The molecule has 0 aliphatic carbocycles. The number of aromatic nitrogens is 2. The highest BCUT2D eigenvalue weighted by Gasteiger charge is 2.35. The van der Waals surface area contributed by atoms with Crippen molar-refractivity contribution in [1.82, 2.24) is 8.75 Å². The van der Waals surface area contributed by atoms with Crippen molar-refractivity contribution in [2.45, 2.75) is 12.6 Å². The van der Waals surface area contributed by atoms with E-state index < -0.39 is 24.2 Å². The first kappa shape index (κ1) is 23.5. The van der Waals surface area contributed by atoms with Crippen molar-refractivity contribution in [2.24, 2.45) is 4.99 Å². The Kier molecular flexibility index (Phi) is 6.71. The smallest absolute Gasteiger partial charge is 0.320 e. The Morgan fingerprint density at radius 1 is 1.00 bits per heavy atom. The van der Waals surface area contributed by atoms with E-state index in [1.807, 2.05) is 0 Å². The largest absolute Gasteiger partial charge is 0.429 e. The molecule has 6 nitrogen and oxygen atoms in total. The van der Waals surface area contributed by atoms with Crippen LogP contribution in [0.2, 0.25) is 5.02 Å². The first-order valence-electron chi connectivity index (χ1n) is 9.82. The number of nitrogens with one attached hydrogen (secondary N) is 2. The number of fused-ring (bicyclic) bond motifs is 1. The van der Waals surface area contributed by atoms with Crippen LogP contribution < -0.4 is 5.32 Å². The molecule has 0 aliphatic heterocycles. The summed E-state index contributed by atoms with van der Waals surface area (Å²) in [6.45, 7) is 0. The van der Waals surface area contributed by atoms with E-state index in [0.29, 0.717) is 22.3 Å². The van der Waals surface area contributed by atoms with Gasteiger partial charge in [-0.25, -0.2) is 0 Å². The van der Waals surface area contributed by atoms with Crippen LogP contribution in [-0.4, -0.2) is 32.3 Å². The van der Waals surface area contributed by atoms with Crippen LogP contribution in [0, 0.1) is 5.41 Å². The van der Waals surface area contributed by atoms with Gasteiger partial charge in [-0.15, -0.1) is 0 Å². The molecule has 0 unspecified atom stereocenters. The average Bonchev–Trinajstić information content (AvgIpc) is 3.29. The third-order valence-corrected chi connectivity index (χ3v) is 5.67. The lowest BCUT2D eigenvalue weighted by Crippen LogP contribution is -2.25. The molecule has 0 bridgehead atoms. The lowest BCUT2D eigenvalue weighted by Gasteiger charge is -2.12. The van der Waals surface area contributed by atoms with Crippen molar-refractivity contribution < 1.29 is 18.0 Å². The molecule has 0 aliphatic rings. The summed E-state index contributed by atoms with van der Waals surface area (Å²) < 4.78 is 47.4. The number of hydrogen-bond acceptors (Lipinski definition) is 6. The lowest BCUT2D eigenvalue weighted by atomic mass is 10.0. The van der Waals surface area contributed by atoms with E-state index in [9.17, 15) is 18.0 Å². The zero-order valence-corrected chi connectivity index (χ0v) is 18.8. The number of hydrogen-bond donors (Lipinski definition) is 2. The molecule has 4 aromatic rings. The van der Waals surface area contributed by atoms with Gasteiger partial charge < -0.3 is 10.7 Å². The van der Waals surface area contributed by atoms with E-state index in [4.69, 9.17) is 17.0 Å². The van der Waals surface area contributed by atoms with Gasteiger partial charge in [-0.05, 0) is 42.0 Å². The molecular formula is C23H15ClF3N5OS. The number of carbonyl (C=O) groups is 1. The summed E-state index contributed by atoms with van der Waals surface area (Å²) in [5, 5.41) is 10.4. The minimum atomic E-state index is -4.79. The highest BCUT2D eigenvalue weighted by Crippen LogP contribution is 2.27. The summed E-state index contributed by atoms with van der Waals surface area (Å²) in [7, 11) is 0. The number of anilines is 1. The number of alkyl halides is 3. The maximum Gasteiger partial charge on any atom is 0.429 e. The standard InChI is InChI=1S/C23H15ClF3N5OS/c24-15-4-1-2-5-16(15)29-19(12-20(28)23(25,26)27)13-8-10-14(11-9-13)22(33)30-17-6-3-7-18-21(17)32-34-31-18/h1-11,28H,12H2,(H,30,33). The molecule has 1 amide bonds. The maximum absolute atomic E-state index is 13.0. The van der Waals surface area contributed by atoms with Gasteiger partial charge in [0.15, 0.2) is 0 Å². The number of nitrogens with zero attached hydrogens (tertiary/aromatic N) is 3. The van der Waals surface area contributed by atoms with Gasteiger partial charge in [0, 0.05) is 12.0 Å². The van der Waals surface area contributed by atoms with Gasteiger partial charge in [0.25, 0.3) is 5.91 Å². The van der Waals surface area contributed by atoms with Crippen LogP contribution in [0.1, 0.15) is 22.3 Å². The molecule has 34 heavy (non-hydrogen) atoms. The summed E-state index contributed by atoms with van der Waals surface area (Å²) >= 11 is 7.15. The van der Waals surface area contributed by atoms with Crippen molar-refractivity contribution in [3.05, 3.63) is 82.9 Å². The summed E-state index contributed by atoms with van der Waals surface area (Å²) in [6.07, 6.45) is -5.54. The second-order valence-electron chi connectivity index (χ2n) is 7.13. The molecule has 0 saturated heterocycles. The molecule has 1 aromatic heterocycles. The number of amides is 1. The van der Waals surface area contributed by atoms with E-state index in [0.717, 1.165) is 11.7 Å². The Bertz CT molecular complexity index is 1400. The van der Waals surface area contributed by atoms with Crippen molar-refractivity contribution >= 4 is 63.1 Å². The van der Waals surface area contributed by atoms with Crippen LogP contribution in [0.15, 0.2) is 71.7 Å². The second-order valence-corrected chi connectivity index (χ2v) is 8.07. The van der Waals surface area contributed by atoms with Gasteiger partial charge in [0.2, 0.25) is 0 Å². The Morgan fingerprint density at radius 2 is 1.71 bits per heavy atom. The molecule has 0 radical (unpaired) electrons. The van der Waals surface area contributed by atoms with Crippen LogP contribution in [0.3, 0.4) is 0 Å². The molecular weight excluding hydrogens is 487 g/mol. The first-order chi connectivity index (χ1) is 16.2. The zero-order chi connectivity index (χ0) is 24.3. The minimum Gasteiger partial charge on any atom is -0.320 e. The fourth-order valence-electron chi connectivity index (χ4n) is 3.08.